The van der Waals surface area contributed by atoms with Gasteiger partial charge in [0.1, 0.15) is 0 Å². The molecule has 0 aromatic carbocycles. The molecule has 0 aliphatic heterocycles. The third-order valence-corrected chi connectivity index (χ3v) is 74.1. The normalized spacial score (nSPS) is 20.7. The van der Waals surface area contributed by atoms with Crippen LogP contribution in [0.5, 0.6) is 0 Å². The molecular formula is C13H35BrP2Pd. The maximum absolute atomic E-state index is 4.46. The first-order chi connectivity index (χ1) is 7.86. The Bertz CT molecular complexity index is 185. The standard InChI is InChI=1S/2C6H15P.CH3.BrH.Pd/c2*1-4-7(5-2)6-3;;;/h2*4-6H2,1-3H3;1H3;1H;/q;;;;-1/p+1. The minimum atomic E-state index is -1.31. The van der Waals surface area contributed by atoms with Crippen molar-refractivity contribution in [1.82, 2.24) is 0 Å². The van der Waals surface area contributed by atoms with E-state index in [-0.39, 0.29) is 0 Å². The van der Waals surface area contributed by atoms with Crippen LogP contribution >= 0.6 is 24.3 Å². The monoisotopic (exact) mass is 438 g/mol. The molecule has 4 heteroatoms. The summed E-state index contributed by atoms with van der Waals surface area (Å²) in [5.41, 5.74) is -2.03. The van der Waals surface area contributed by atoms with E-state index in [4.69, 9.17) is 0 Å². The van der Waals surface area contributed by atoms with Crippen LogP contribution in [-0.4, -0.2) is 37.0 Å². The molecule has 0 aromatic rings. The Morgan fingerprint density at radius 1 is 0.647 bits per heavy atom. The fourth-order valence-electron chi connectivity index (χ4n) is 3.12. The number of rotatable bonds is 8. The van der Waals surface area contributed by atoms with Crippen LogP contribution in [0.15, 0.2) is 0 Å². The van der Waals surface area contributed by atoms with Crippen LogP contribution in [0.3, 0.4) is 0 Å². The van der Waals surface area contributed by atoms with Crippen molar-refractivity contribution in [3.8, 4) is 0 Å². The number of hydrogen-bond acceptors (Lipinski definition) is 0. The van der Waals surface area contributed by atoms with Crippen molar-refractivity contribution in [3.05, 3.63) is 0 Å². The zero-order chi connectivity index (χ0) is 13.7. The molecule has 0 fully saturated rings. The van der Waals surface area contributed by atoms with Crippen LogP contribution in [0.1, 0.15) is 41.5 Å². The molecule has 0 saturated heterocycles. The summed E-state index contributed by atoms with van der Waals surface area (Å²) in [5.74, 6) is 0. The van der Waals surface area contributed by atoms with Crippen LogP contribution < -0.4 is 0 Å². The van der Waals surface area contributed by atoms with Crippen molar-refractivity contribution in [2.75, 3.05) is 37.0 Å². The zero-order valence-corrected chi connectivity index (χ0v) is 18.1. The third-order valence-electron chi connectivity index (χ3n) is 4.93. The van der Waals surface area contributed by atoms with E-state index in [1.54, 1.807) is 0 Å². The van der Waals surface area contributed by atoms with Gasteiger partial charge in [0.2, 0.25) is 0 Å². The van der Waals surface area contributed by atoms with Crippen molar-refractivity contribution >= 4 is 24.3 Å². The van der Waals surface area contributed by atoms with Gasteiger partial charge in [0.05, 0.1) is 0 Å². The molecule has 114 valence electrons. The van der Waals surface area contributed by atoms with Gasteiger partial charge in [0.15, 0.2) is 0 Å². The Morgan fingerprint density at radius 3 is 0.941 bits per heavy atom. The molecular weight excluding hydrogens is 404 g/mol. The first kappa shape index (κ1) is 19.0. The van der Waals surface area contributed by atoms with Gasteiger partial charge >= 0.3 is 121 Å². The van der Waals surface area contributed by atoms with E-state index in [9.17, 15) is 0 Å². The van der Waals surface area contributed by atoms with Crippen LogP contribution in [0.25, 0.3) is 0 Å². The van der Waals surface area contributed by atoms with E-state index < -0.39 is 23.4 Å². The van der Waals surface area contributed by atoms with Gasteiger partial charge in [-0.3, -0.25) is 0 Å². The van der Waals surface area contributed by atoms with Crippen molar-refractivity contribution in [1.29, 1.82) is 0 Å². The van der Waals surface area contributed by atoms with Gasteiger partial charge in [-0.2, -0.15) is 0 Å². The van der Waals surface area contributed by atoms with E-state index in [1.165, 1.54) is 37.0 Å². The summed E-state index contributed by atoms with van der Waals surface area (Å²) in [5, 5.41) is 2.73. The Balaban J connectivity index is 5.60. The average Bonchev–Trinajstić information content (AvgIpc) is 2.34. The maximum atomic E-state index is 4.46. The molecule has 0 heterocycles. The number of halogens is 1. The van der Waals surface area contributed by atoms with Gasteiger partial charge < -0.3 is 0 Å². The predicted octanol–water partition coefficient (Wildman–Crippen LogP) is 5.95. The topological polar surface area (TPSA) is 0 Å². The van der Waals surface area contributed by atoms with Gasteiger partial charge in [-0.15, -0.1) is 0 Å². The van der Waals surface area contributed by atoms with Crippen molar-refractivity contribution in [3.63, 3.8) is 0 Å². The summed E-state index contributed by atoms with van der Waals surface area (Å²) in [7, 11) is 0. The van der Waals surface area contributed by atoms with E-state index in [0.29, 0.717) is 0 Å². The molecule has 0 spiro atoms. The Hall–Kier alpha value is 2.00. The second-order valence-electron chi connectivity index (χ2n) is 4.93. The first-order valence-corrected chi connectivity index (χ1v) is 21.8. The summed E-state index contributed by atoms with van der Waals surface area (Å²) in [6.45, 7) is 14.9. The van der Waals surface area contributed by atoms with Gasteiger partial charge in [0, 0.05) is 0 Å². The van der Waals surface area contributed by atoms with Gasteiger partial charge in [-0.25, -0.2) is 0 Å². The quantitative estimate of drug-likeness (QED) is 0.324. The van der Waals surface area contributed by atoms with Crippen molar-refractivity contribution in [2.24, 2.45) is 0 Å². The van der Waals surface area contributed by atoms with Gasteiger partial charge in [-0.1, -0.05) is 0 Å². The summed E-state index contributed by atoms with van der Waals surface area (Å²) in [6, 6.07) is 0. The molecule has 0 bridgehead atoms. The number of hydrogen-bond donors (Lipinski definition) is 0. The van der Waals surface area contributed by atoms with Crippen molar-refractivity contribution in [2.45, 2.75) is 46.9 Å². The molecule has 17 heavy (non-hydrogen) atoms. The van der Waals surface area contributed by atoms with Gasteiger partial charge in [-0.05, 0) is 0 Å². The predicted molar refractivity (Wildman–Crippen MR) is 94.7 cm³/mol. The fourth-order valence-corrected chi connectivity index (χ4v) is 76.6. The Labute approximate surface area is 120 Å². The zero-order valence-electron chi connectivity index (χ0n) is 12.9. The molecule has 0 radical (unpaired) electrons. The summed E-state index contributed by atoms with van der Waals surface area (Å²) in [6.07, 6.45) is 9.05. The molecule has 0 aromatic heterocycles. The third kappa shape index (κ3) is 3.19. The molecule has 0 unspecified atom stereocenters. The Morgan fingerprint density at radius 2 is 0.824 bits per heavy atom. The molecule has 0 amide bonds. The molecule has 0 atom stereocenters. The van der Waals surface area contributed by atoms with E-state index >= 15 is 0 Å². The average molecular weight is 440 g/mol. The summed E-state index contributed by atoms with van der Waals surface area (Å²) >= 11 is 3.16. The second kappa shape index (κ2) is 7.70. The molecule has 0 rings (SSSR count). The van der Waals surface area contributed by atoms with E-state index in [2.05, 4.69) is 60.4 Å². The summed E-state index contributed by atoms with van der Waals surface area (Å²) in [4.78, 5) is 0. The van der Waals surface area contributed by atoms with Crippen LogP contribution in [0, 0.1) is 0 Å². The van der Waals surface area contributed by atoms with Gasteiger partial charge in [0.25, 0.3) is 0 Å². The fraction of sp³-hybridized carbons (Fsp3) is 1.00. The molecule has 0 saturated carbocycles. The SMILES string of the molecule is CC[PH](CC)(CC)[Pd]([CH3])([Br])[PH](CC)(CC)CC. The summed E-state index contributed by atoms with van der Waals surface area (Å²) < 4.78 is 0. The van der Waals surface area contributed by atoms with E-state index in [1.807, 2.05) is 0 Å². The molecule has 0 aliphatic rings. The van der Waals surface area contributed by atoms with Crippen LogP contribution in [-0.2, 0) is 12.5 Å². The van der Waals surface area contributed by atoms with Crippen LogP contribution in [0.4, 0.5) is 0 Å². The Kier molecular flexibility index (Phi) is 8.60. The van der Waals surface area contributed by atoms with Crippen molar-refractivity contribution < 1.29 is 12.5 Å². The van der Waals surface area contributed by atoms with Crippen LogP contribution in [0.2, 0.25) is 5.40 Å². The first-order valence-electron chi connectivity index (χ1n) is 7.12. The second-order valence-corrected chi connectivity index (χ2v) is 47.3. The minimum absolute atomic E-state index is 1.01. The molecule has 0 N–H and O–H groups in total. The molecule has 0 aliphatic carbocycles. The van der Waals surface area contributed by atoms with E-state index in [0.717, 1.165) is 0 Å². The molecule has 0 nitrogen and oxygen atoms in total.